The fourth-order valence-electron chi connectivity index (χ4n) is 2.52. The first-order valence-corrected chi connectivity index (χ1v) is 6.66. The molecule has 0 aliphatic heterocycles. The van der Waals surface area contributed by atoms with Gasteiger partial charge in [-0.25, -0.2) is 0 Å². The van der Waals surface area contributed by atoms with Gasteiger partial charge in [-0.2, -0.15) is 0 Å². The second-order valence-electron chi connectivity index (χ2n) is 4.99. The van der Waals surface area contributed by atoms with E-state index in [1.54, 1.807) is 22.8 Å². The van der Waals surface area contributed by atoms with E-state index in [9.17, 15) is 4.79 Å². The fourth-order valence-corrected chi connectivity index (χ4v) is 2.69. The minimum atomic E-state index is -0.0127. The third kappa shape index (κ3) is 1.92. The van der Waals surface area contributed by atoms with E-state index in [1.165, 1.54) is 0 Å². The largest absolute Gasteiger partial charge is 0.287 e. The van der Waals surface area contributed by atoms with Crippen LogP contribution in [-0.4, -0.2) is 4.57 Å². The van der Waals surface area contributed by atoms with Crippen LogP contribution < -0.4 is 5.56 Å². The van der Waals surface area contributed by atoms with Crippen LogP contribution in [0, 0.1) is 5.92 Å². The molecule has 0 bridgehead atoms. The van der Waals surface area contributed by atoms with Gasteiger partial charge in [-0.1, -0.05) is 43.3 Å². The number of rotatable bonds is 2. The van der Waals surface area contributed by atoms with Gasteiger partial charge in [0.1, 0.15) is 0 Å². The summed E-state index contributed by atoms with van der Waals surface area (Å²) < 4.78 is 1.72. The maximum absolute atomic E-state index is 12.5. The molecule has 1 unspecified atom stereocenters. The molecule has 0 spiro atoms. The molecule has 19 heavy (non-hydrogen) atoms. The summed E-state index contributed by atoms with van der Waals surface area (Å²) in [7, 11) is 0. The van der Waals surface area contributed by atoms with E-state index < -0.39 is 0 Å². The second kappa shape index (κ2) is 4.39. The van der Waals surface area contributed by atoms with Gasteiger partial charge in [-0.05, 0) is 35.4 Å². The van der Waals surface area contributed by atoms with Crippen molar-refractivity contribution in [3.8, 4) is 0 Å². The lowest BCUT2D eigenvalue weighted by Gasteiger charge is -2.24. The summed E-state index contributed by atoms with van der Waals surface area (Å²) in [5, 5.41) is 2.12. The van der Waals surface area contributed by atoms with Crippen molar-refractivity contribution in [1.82, 2.24) is 4.57 Å². The Hall–Kier alpha value is -1.80. The predicted octanol–water partition coefficient (Wildman–Crippen LogP) is 4.18. The normalized spacial score (nSPS) is 18.0. The maximum Gasteiger partial charge on any atom is 0.262 e. The van der Waals surface area contributed by atoms with Crippen LogP contribution in [0.3, 0.4) is 0 Å². The Balaban J connectivity index is 2.36. The average molecular weight is 272 g/mol. The zero-order chi connectivity index (χ0) is 13.6. The molecule has 2 nitrogen and oxygen atoms in total. The van der Waals surface area contributed by atoms with Crippen LogP contribution in [0.15, 0.2) is 41.8 Å². The molecule has 0 fully saturated rings. The summed E-state index contributed by atoms with van der Waals surface area (Å²) in [5.74, 6) is 0.545. The molecule has 96 valence electrons. The van der Waals surface area contributed by atoms with E-state index in [0.29, 0.717) is 16.3 Å². The number of hydrogen-bond acceptors (Lipinski definition) is 1. The molecular weight excluding hydrogens is 258 g/mol. The molecule has 3 heteroatoms. The van der Waals surface area contributed by atoms with Crippen molar-refractivity contribution in [2.24, 2.45) is 5.92 Å². The van der Waals surface area contributed by atoms with Crippen molar-refractivity contribution >= 4 is 34.1 Å². The Labute approximate surface area is 116 Å². The van der Waals surface area contributed by atoms with E-state index in [0.717, 1.165) is 23.1 Å². The van der Waals surface area contributed by atoms with Gasteiger partial charge < -0.3 is 0 Å². The highest BCUT2D eigenvalue weighted by Crippen LogP contribution is 2.30. The molecule has 0 saturated heterocycles. The number of halogens is 1. The molecule has 1 aliphatic rings. The zero-order valence-electron chi connectivity index (χ0n) is 10.7. The summed E-state index contributed by atoms with van der Waals surface area (Å²) in [4.78, 5) is 12.5. The molecule has 0 amide bonds. The SMILES string of the molecule is C=Cc1cn(C2=CC(C)C2)c(=O)c2cc(Cl)ccc12. The molecule has 3 rings (SSSR count). The topological polar surface area (TPSA) is 22.0 Å². The fraction of sp³-hybridized carbons (Fsp3) is 0.188. The highest BCUT2D eigenvalue weighted by Gasteiger charge is 2.18. The highest BCUT2D eigenvalue weighted by molar-refractivity contribution is 6.31. The van der Waals surface area contributed by atoms with E-state index >= 15 is 0 Å². The summed E-state index contributed by atoms with van der Waals surface area (Å²) in [6.45, 7) is 5.96. The van der Waals surface area contributed by atoms with Crippen molar-refractivity contribution in [1.29, 1.82) is 0 Å². The molecule has 1 aliphatic carbocycles. The van der Waals surface area contributed by atoms with Gasteiger partial charge in [0, 0.05) is 22.3 Å². The van der Waals surface area contributed by atoms with Crippen LogP contribution >= 0.6 is 11.6 Å². The van der Waals surface area contributed by atoms with Crippen LogP contribution in [0.5, 0.6) is 0 Å². The molecular formula is C16H14ClNO. The first-order chi connectivity index (χ1) is 9.10. The van der Waals surface area contributed by atoms with Crippen molar-refractivity contribution in [2.75, 3.05) is 0 Å². The number of nitrogens with zero attached hydrogens (tertiary/aromatic N) is 1. The number of pyridine rings is 1. The number of allylic oxidation sites excluding steroid dienone is 2. The Bertz CT molecular complexity index is 770. The summed E-state index contributed by atoms with van der Waals surface area (Å²) in [6.07, 6.45) is 6.69. The van der Waals surface area contributed by atoms with Crippen molar-refractivity contribution in [2.45, 2.75) is 13.3 Å². The molecule has 0 radical (unpaired) electrons. The molecule has 1 aromatic heterocycles. The van der Waals surface area contributed by atoms with Gasteiger partial charge in [-0.15, -0.1) is 0 Å². The molecule has 1 aromatic carbocycles. The summed E-state index contributed by atoms with van der Waals surface area (Å²) >= 11 is 6.00. The third-order valence-electron chi connectivity index (χ3n) is 3.55. The van der Waals surface area contributed by atoms with Gasteiger partial charge in [-0.3, -0.25) is 9.36 Å². The van der Waals surface area contributed by atoms with Gasteiger partial charge in [0.25, 0.3) is 5.56 Å². The van der Waals surface area contributed by atoms with Crippen LogP contribution in [-0.2, 0) is 0 Å². The summed E-state index contributed by atoms with van der Waals surface area (Å²) in [5.41, 5.74) is 2.00. The first kappa shape index (κ1) is 12.2. The van der Waals surface area contributed by atoms with Crippen LogP contribution in [0.2, 0.25) is 5.02 Å². The van der Waals surface area contributed by atoms with Crippen molar-refractivity contribution in [3.05, 3.63) is 58.0 Å². The van der Waals surface area contributed by atoms with Crippen LogP contribution in [0.4, 0.5) is 0 Å². The second-order valence-corrected chi connectivity index (χ2v) is 5.43. The van der Waals surface area contributed by atoms with E-state index in [2.05, 4.69) is 19.6 Å². The lowest BCUT2D eigenvalue weighted by molar-refractivity contribution is 0.662. The third-order valence-corrected chi connectivity index (χ3v) is 3.78. The Morgan fingerprint density at radius 1 is 1.42 bits per heavy atom. The average Bonchev–Trinajstić information content (AvgIpc) is 2.37. The monoisotopic (exact) mass is 271 g/mol. The number of aromatic nitrogens is 1. The molecule has 1 atom stereocenters. The van der Waals surface area contributed by atoms with Gasteiger partial charge in [0.05, 0.1) is 0 Å². The minimum Gasteiger partial charge on any atom is -0.287 e. The quantitative estimate of drug-likeness (QED) is 0.803. The summed E-state index contributed by atoms with van der Waals surface area (Å²) in [6, 6.07) is 5.40. The van der Waals surface area contributed by atoms with Crippen LogP contribution in [0.1, 0.15) is 18.9 Å². The van der Waals surface area contributed by atoms with Gasteiger partial charge in [0.2, 0.25) is 0 Å². The van der Waals surface area contributed by atoms with E-state index in [1.807, 2.05) is 12.3 Å². The Kier molecular flexibility index (Phi) is 2.83. The standard InChI is InChI=1S/C16H14ClNO/c1-3-11-9-18(13-6-10(2)7-13)16(19)15-8-12(17)4-5-14(11)15/h3-6,8-10H,1,7H2,2H3. The lowest BCUT2D eigenvalue weighted by atomic mass is 9.93. The van der Waals surface area contributed by atoms with E-state index in [4.69, 9.17) is 11.6 Å². The van der Waals surface area contributed by atoms with Crippen molar-refractivity contribution < 1.29 is 0 Å². The number of fused-ring (bicyclic) bond motifs is 1. The number of hydrogen-bond donors (Lipinski definition) is 0. The predicted molar refractivity (Wildman–Crippen MR) is 81.4 cm³/mol. The Morgan fingerprint density at radius 3 is 2.79 bits per heavy atom. The van der Waals surface area contributed by atoms with Crippen molar-refractivity contribution in [3.63, 3.8) is 0 Å². The van der Waals surface area contributed by atoms with E-state index in [-0.39, 0.29) is 5.56 Å². The maximum atomic E-state index is 12.5. The smallest absolute Gasteiger partial charge is 0.262 e. The highest BCUT2D eigenvalue weighted by atomic mass is 35.5. The lowest BCUT2D eigenvalue weighted by Crippen LogP contribution is -2.24. The molecule has 0 N–H and O–H groups in total. The number of benzene rings is 1. The van der Waals surface area contributed by atoms with Gasteiger partial charge >= 0.3 is 0 Å². The Morgan fingerprint density at radius 2 is 2.16 bits per heavy atom. The zero-order valence-corrected chi connectivity index (χ0v) is 11.4. The van der Waals surface area contributed by atoms with Crippen LogP contribution in [0.25, 0.3) is 22.5 Å². The minimum absolute atomic E-state index is 0.0127. The molecule has 2 aromatic rings. The van der Waals surface area contributed by atoms with Gasteiger partial charge in [0.15, 0.2) is 0 Å². The molecule has 0 saturated carbocycles. The first-order valence-electron chi connectivity index (χ1n) is 6.28. The molecule has 1 heterocycles.